The fourth-order valence-corrected chi connectivity index (χ4v) is 2.08. The molecule has 0 amide bonds. The molecule has 0 aliphatic carbocycles. The number of nitrogens with zero attached hydrogens (tertiary/aromatic N) is 1. The number of benzene rings is 1. The molecule has 1 aromatic carbocycles. The molecule has 0 spiro atoms. The summed E-state index contributed by atoms with van der Waals surface area (Å²) >= 11 is 7.31. The maximum atomic E-state index is 11.8. The Bertz CT molecular complexity index is 511. The normalized spacial score (nSPS) is 10.3. The maximum absolute atomic E-state index is 11.8. The van der Waals surface area contributed by atoms with Crippen molar-refractivity contribution in [1.82, 2.24) is 4.98 Å². The number of ketones is 1. The molecule has 82 valence electrons. The number of nitrogens with two attached hydrogens (primary N) is 1. The summed E-state index contributed by atoms with van der Waals surface area (Å²) in [5.41, 5.74) is 6.61. The van der Waals surface area contributed by atoms with Crippen LogP contribution in [0.2, 0.25) is 5.02 Å². The highest BCUT2D eigenvalue weighted by Gasteiger charge is 2.10. The van der Waals surface area contributed by atoms with E-state index in [9.17, 15) is 4.79 Å². The molecular formula is C11H9ClN2OS. The zero-order valence-electron chi connectivity index (χ0n) is 8.31. The van der Waals surface area contributed by atoms with E-state index < -0.39 is 0 Å². The number of nitrogen functional groups attached to an aromatic ring is 1. The van der Waals surface area contributed by atoms with Crippen LogP contribution in [0.5, 0.6) is 0 Å². The van der Waals surface area contributed by atoms with Gasteiger partial charge >= 0.3 is 0 Å². The van der Waals surface area contributed by atoms with Crippen molar-refractivity contribution in [2.45, 2.75) is 6.42 Å². The number of Topliss-reactive ketones (excluding diaryl/α,β-unsaturated/α-hetero) is 1. The van der Waals surface area contributed by atoms with Crippen molar-refractivity contribution in [2.75, 3.05) is 5.73 Å². The Balaban J connectivity index is 2.18. The van der Waals surface area contributed by atoms with Gasteiger partial charge in [0.05, 0.1) is 17.1 Å². The Morgan fingerprint density at radius 3 is 2.94 bits per heavy atom. The second-order valence-corrected chi connectivity index (χ2v) is 4.65. The van der Waals surface area contributed by atoms with Gasteiger partial charge in [0.15, 0.2) is 5.78 Å². The molecule has 16 heavy (non-hydrogen) atoms. The molecule has 0 bridgehead atoms. The molecule has 0 atom stereocenters. The number of anilines is 1. The van der Waals surface area contributed by atoms with Gasteiger partial charge in [-0.15, -0.1) is 11.3 Å². The predicted octanol–water partition coefficient (Wildman–Crippen LogP) is 2.80. The molecule has 3 nitrogen and oxygen atoms in total. The van der Waals surface area contributed by atoms with Gasteiger partial charge in [0, 0.05) is 17.1 Å². The van der Waals surface area contributed by atoms with Crippen molar-refractivity contribution in [3.05, 3.63) is 45.4 Å². The molecule has 1 aromatic heterocycles. The maximum Gasteiger partial charge on any atom is 0.169 e. The highest BCUT2D eigenvalue weighted by molar-refractivity contribution is 7.09. The first-order valence-electron chi connectivity index (χ1n) is 4.63. The molecule has 2 rings (SSSR count). The topological polar surface area (TPSA) is 56.0 Å². The SMILES string of the molecule is Nc1ccc(C(=O)Cc2nccs2)cc1Cl. The number of halogens is 1. The third-order valence-electron chi connectivity index (χ3n) is 2.12. The van der Waals surface area contributed by atoms with Gasteiger partial charge in [-0.25, -0.2) is 4.98 Å². The van der Waals surface area contributed by atoms with Crippen LogP contribution in [0, 0.1) is 0 Å². The molecule has 0 aliphatic rings. The van der Waals surface area contributed by atoms with Crippen LogP contribution in [0.15, 0.2) is 29.8 Å². The van der Waals surface area contributed by atoms with E-state index in [0.29, 0.717) is 22.7 Å². The van der Waals surface area contributed by atoms with Crippen LogP contribution in [-0.4, -0.2) is 10.8 Å². The summed E-state index contributed by atoms with van der Waals surface area (Å²) in [4.78, 5) is 15.9. The molecule has 5 heteroatoms. The lowest BCUT2D eigenvalue weighted by molar-refractivity contribution is 0.0993. The lowest BCUT2D eigenvalue weighted by Crippen LogP contribution is -2.03. The Labute approximate surface area is 102 Å². The fourth-order valence-electron chi connectivity index (χ4n) is 1.28. The van der Waals surface area contributed by atoms with Crippen LogP contribution in [0.4, 0.5) is 5.69 Å². The first-order valence-corrected chi connectivity index (χ1v) is 5.89. The summed E-state index contributed by atoms with van der Waals surface area (Å²) in [5, 5.41) is 3.06. The zero-order valence-corrected chi connectivity index (χ0v) is 9.89. The van der Waals surface area contributed by atoms with Gasteiger partial charge in [-0.2, -0.15) is 0 Å². The van der Waals surface area contributed by atoms with Crippen LogP contribution >= 0.6 is 22.9 Å². The van der Waals surface area contributed by atoms with Crippen LogP contribution in [0.25, 0.3) is 0 Å². The molecule has 0 saturated carbocycles. The van der Waals surface area contributed by atoms with Crippen LogP contribution in [0.3, 0.4) is 0 Å². The average Bonchev–Trinajstić information content (AvgIpc) is 2.74. The largest absolute Gasteiger partial charge is 0.398 e. The molecule has 0 unspecified atom stereocenters. The summed E-state index contributed by atoms with van der Waals surface area (Å²) in [6.45, 7) is 0. The molecule has 0 saturated heterocycles. The monoisotopic (exact) mass is 252 g/mol. The minimum atomic E-state index is -0.00292. The number of rotatable bonds is 3. The highest BCUT2D eigenvalue weighted by atomic mass is 35.5. The highest BCUT2D eigenvalue weighted by Crippen LogP contribution is 2.20. The van der Waals surface area contributed by atoms with E-state index in [0.717, 1.165) is 5.01 Å². The van der Waals surface area contributed by atoms with Gasteiger partial charge in [0.1, 0.15) is 5.01 Å². The number of carbonyl (C=O) groups excluding carboxylic acids is 1. The van der Waals surface area contributed by atoms with Crippen molar-refractivity contribution < 1.29 is 4.79 Å². The van der Waals surface area contributed by atoms with E-state index in [1.807, 2.05) is 5.38 Å². The molecule has 0 radical (unpaired) electrons. The molecular weight excluding hydrogens is 244 g/mol. The summed E-state index contributed by atoms with van der Waals surface area (Å²) < 4.78 is 0. The van der Waals surface area contributed by atoms with E-state index in [4.69, 9.17) is 17.3 Å². The van der Waals surface area contributed by atoms with E-state index >= 15 is 0 Å². The lowest BCUT2D eigenvalue weighted by atomic mass is 10.1. The Morgan fingerprint density at radius 1 is 1.50 bits per heavy atom. The summed E-state index contributed by atoms with van der Waals surface area (Å²) in [7, 11) is 0. The third-order valence-corrected chi connectivity index (χ3v) is 3.22. The Morgan fingerprint density at radius 2 is 2.31 bits per heavy atom. The summed E-state index contributed by atoms with van der Waals surface area (Å²) in [5.74, 6) is -0.00292. The number of thiazole rings is 1. The van der Waals surface area contributed by atoms with E-state index in [-0.39, 0.29) is 5.78 Å². The van der Waals surface area contributed by atoms with E-state index in [2.05, 4.69) is 4.98 Å². The summed E-state index contributed by atoms with van der Waals surface area (Å²) in [6.07, 6.45) is 1.99. The van der Waals surface area contributed by atoms with Gasteiger partial charge in [-0.05, 0) is 18.2 Å². The quantitative estimate of drug-likeness (QED) is 0.675. The van der Waals surface area contributed by atoms with Gasteiger partial charge in [0.2, 0.25) is 0 Å². The van der Waals surface area contributed by atoms with Crippen LogP contribution in [0.1, 0.15) is 15.4 Å². The van der Waals surface area contributed by atoms with Crippen molar-refractivity contribution in [3.8, 4) is 0 Å². The lowest BCUT2D eigenvalue weighted by Gasteiger charge is -2.01. The average molecular weight is 253 g/mol. The number of hydrogen-bond acceptors (Lipinski definition) is 4. The van der Waals surface area contributed by atoms with Gasteiger partial charge < -0.3 is 5.73 Å². The van der Waals surface area contributed by atoms with E-state index in [1.54, 1.807) is 24.4 Å². The van der Waals surface area contributed by atoms with E-state index in [1.165, 1.54) is 11.3 Å². The second kappa shape index (κ2) is 4.63. The van der Waals surface area contributed by atoms with Crippen LogP contribution < -0.4 is 5.73 Å². The minimum Gasteiger partial charge on any atom is -0.398 e. The number of hydrogen-bond donors (Lipinski definition) is 1. The first-order chi connectivity index (χ1) is 7.66. The van der Waals surface area contributed by atoms with Crippen molar-refractivity contribution >= 4 is 34.4 Å². The third kappa shape index (κ3) is 2.40. The van der Waals surface area contributed by atoms with Gasteiger partial charge in [0.25, 0.3) is 0 Å². The van der Waals surface area contributed by atoms with Gasteiger partial charge in [-0.1, -0.05) is 11.6 Å². The minimum absolute atomic E-state index is 0.00292. The van der Waals surface area contributed by atoms with Gasteiger partial charge in [-0.3, -0.25) is 4.79 Å². The predicted molar refractivity (Wildman–Crippen MR) is 66.0 cm³/mol. The number of aromatic nitrogens is 1. The Hall–Kier alpha value is -1.39. The smallest absolute Gasteiger partial charge is 0.169 e. The molecule has 2 aromatic rings. The number of carbonyl (C=O) groups is 1. The van der Waals surface area contributed by atoms with Crippen LogP contribution in [-0.2, 0) is 6.42 Å². The van der Waals surface area contributed by atoms with Crippen molar-refractivity contribution in [2.24, 2.45) is 0 Å². The zero-order chi connectivity index (χ0) is 11.5. The first kappa shape index (κ1) is 11.1. The summed E-state index contributed by atoms with van der Waals surface area (Å²) in [6, 6.07) is 4.90. The van der Waals surface area contributed by atoms with Crippen molar-refractivity contribution in [1.29, 1.82) is 0 Å². The van der Waals surface area contributed by atoms with Crippen molar-refractivity contribution in [3.63, 3.8) is 0 Å². The molecule has 0 aliphatic heterocycles. The molecule has 2 N–H and O–H groups in total. The molecule has 0 fully saturated rings. The molecule has 1 heterocycles. The Kier molecular flexibility index (Phi) is 3.22. The standard InChI is InChI=1S/C11H9ClN2OS/c12-8-5-7(1-2-9(8)13)10(15)6-11-14-3-4-16-11/h1-5H,6,13H2. The fraction of sp³-hybridized carbons (Fsp3) is 0.0909. The second-order valence-electron chi connectivity index (χ2n) is 3.26.